The molecule has 1 saturated heterocycles. The van der Waals surface area contributed by atoms with E-state index in [1.165, 1.54) is 30.2 Å². The molecule has 2 heterocycles. The highest BCUT2D eigenvalue weighted by Crippen LogP contribution is 2.47. The van der Waals surface area contributed by atoms with Crippen LogP contribution >= 0.6 is 7.75 Å². The van der Waals surface area contributed by atoms with E-state index in [0.717, 1.165) is 18.4 Å². The molecule has 1 aromatic carbocycles. The predicted molar refractivity (Wildman–Crippen MR) is 138 cm³/mol. The highest BCUT2D eigenvalue weighted by Gasteiger charge is 2.36. The van der Waals surface area contributed by atoms with Crippen molar-refractivity contribution < 1.29 is 32.6 Å². The van der Waals surface area contributed by atoms with Crippen LogP contribution < -0.4 is 21.0 Å². The van der Waals surface area contributed by atoms with Crippen LogP contribution in [-0.4, -0.2) is 47.2 Å². The summed E-state index contributed by atoms with van der Waals surface area (Å²) in [5.74, 6) is 0.299. The van der Waals surface area contributed by atoms with E-state index in [4.69, 9.17) is 29.0 Å². The summed E-state index contributed by atoms with van der Waals surface area (Å²) >= 11 is 0. The van der Waals surface area contributed by atoms with Gasteiger partial charge in [-0.2, -0.15) is 10.1 Å². The Bertz CT molecular complexity index is 1220. The average Bonchev–Trinajstić information content (AvgIpc) is 3.30. The van der Waals surface area contributed by atoms with Gasteiger partial charge in [0.2, 0.25) is 0 Å². The van der Waals surface area contributed by atoms with Gasteiger partial charge in [-0.3, -0.25) is 13.9 Å². The zero-order chi connectivity index (χ0) is 27.3. The summed E-state index contributed by atoms with van der Waals surface area (Å²) in [5, 5.41) is 2.68. The minimum Gasteiger partial charge on any atom is -0.462 e. The predicted octanol–water partition coefficient (Wildman–Crippen LogP) is 3.49. The smallest absolute Gasteiger partial charge is 0.459 e. The molecule has 12 nitrogen and oxygen atoms in total. The van der Waals surface area contributed by atoms with Crippen LogP contribution in [-0.2, 0) is 28.1 Å². The SMILES string of the molecule is CC[C@@H](C)OC(=O)[C@H](C)NP(=O)(OC[C@H]1OC[C@@H](n2ccc(N)nc2=O)O1)Oc1cccc(C2CCC2)c1. The maximum atomic E-state index is 13.9. The first-order chi connectivity index (χ1) is 18.2. The van der Waals surface area contributed by atoms with Crippen LogP contribution in [0.25, 0.3) is 0 Å². The second-order valence-electron chi connectivity index (χ2n) is 9.49. The van der Waals surface area contributed by atoms with Crippen molar-refractivity contribution in [2.45, 2.75) is 77.0 Å². The van der Waals surface area contributed by atoms with Crippen molar-refractivity contribution in [3.05, 3.63) is 52.6 Å². The fourth-order valence-corrected chi connectivity index (χ4v) is 5.42. The van der Waals surface area contributed by atoms with Crippen molar-refractivity contribution in [1.82, 2.24) is 14.6 Å². The van der Waals surface area contributed by atoms with Gasteiger partial charge in [0.25, 0.3) is 0 Å². The number of carbonyl (C=O) groups excluding carboxylic acids is 1. The standard InChI is InChI=1S/C25H35N4O8P/c1-4-16(2)35-24(30)17(3)28-38(32,37-20-10-6-9-19(13-20)18-7-5-8-18)34-15-23-33-14-22(36-23)29-12-11-21(26)27-25(29)31/h6,9-13,16-18,22-23H,4-5,7-8,14-15H2,1-3H3,(H,28,32)(H2,26,27,31)/t16-,17+,22+,23+,38?/m1/s1. The molecule has 208 valence electrons. The Morgan fingerprint density at radius 1 is 1.32 bits per heavy atom. The van der Waals surface area contributed by atoms with Crippen molar-refractivity contribution in [2.75, 3.05) is 18.9 Å². The van der Waals surface area contributed by atoms with E-state index in [9.17, 15) is 14.2 Å². The lowest BCUT2D eigenvalue weighted by atomic mass is 9.80. The molecular weight excluding hydrogens is 515 g/mol. The lowest BCUT2D eigenvalue weighted by molar-refractivity contribution is -0.150. The number of ether oxygens (including phenoxy) is 3. The molecule has 2 aromatic rings. The van der Waals surface area contributed by atoms with Gasteiger partial charge in [0.1, 0.15) is 24.2 Å². The number of carbonyl (C=O) groups is 1. The number of aromatic nitrogens is 2. The lowest BCUT2D eigenvalue weighted by Crippen LogP contribution is -2.37. The van der Waals surface area contributed by atoms with E-state index in [1.807, 2.05) is 25.1 Å². The zero-order valence-electron chi connectivity index (χ0n) is 21.8. The average molecular weight is 551 g/mol. The minimum absolute atomic E-state index is 0.0409. The molecule has 2 aliphatic rings. The van der Waals surface area contributed by atoms with E-state index < -0.39 is 38.0 Å². The van der Waals surface area contributed by atoms with Crippen molar-refractivity contribution in [3.63, 3.8) is 0 Å². The molecule has 0 bridgehead atoms. The van der Waals surface area contributed by atoms with Crippen molar-refractivity contribution in [2.24, 2.45) is 0 Å². The number of anilines is 1. The van der Waals surface area contributed by atoms with E-state index >= 15 is 0 Å². The van der Waals surface area contributed by atoms with E-state index in [-0.39, 0.29) is 25.1 Å². The molecule has 1 aromatic heterocycles. The Kier molecular flexibility index (Phi) is 9.22. The Morgan fingerprint density at radius 2 is 2.11 bits per heavy atom. The molecule has 1 unspecified atom stereocenters. The third kappa shape index (κ3) is 7.21. The van der Waals surface area contributed by atoms with Gasteiger partial charge in [-0.05, 0) is 62.8 Å². The number of nitrogens with one attached hydrogen (secondary N) is 1. The van der Waals surface area contributed by atoms with Gasteiger partial charge >= 0.3 is 19.4 Å². The number of benzene rings is 1. The molecule has 0 amide bonds. The topological polar surface area (TPSA) is 153 Å². The molecule has 1 aliphatic carbocycles. The van der Waals surface area contributed by atoms with Crippen LogP contribution in [0.5, 0.6) is 5.75 Å². The van der Waals surface area contributed by atoms with Gasteiger partial charge in [-0.15, -0.1) is 0 Å². The summed E-state index contributed by atoms with van der Waals surface area (Å²) in [5.41, 5.74) is 6.05. The van der Waals surface area contributed by atoms with Crippen LogP contribution in [0.4, 0.5) is 5.82 Å². The van der Waals surface area contributed by atoms with Crippen molar-refractivity contribution >= 4 is 19.5 Å². The Hall–Kier alpha value is -2.76. The van der Waals surface area contributed by atoms with Gasteiger partial charge in [-0.25, -0.2) is 9.36 Å². The van der Waals surface area contributed by atoms with Gasteiger partial charge in [0.15, 0.2) is 12.5 Å². The first-order valence-electron chi connectivity index (χ1n) is 12.8. The van der Waals surface area contributed by atoms with Crippen LogP contribution in [0, 0.1) is 0 Å². The van der Waals surface area contributed by atoms with Gasteiger partial charge in [-0.1, -0.05) is 25.5 Å². The quantitative estimate of drug-likeness (QED) is 0.295. The summed E-state index contributed by atoms with van der Waals surface area (Å²) in [6.45, 7) is 4.93. The fraction of sp³-hybridized carbons (Fsp3) is 0.560. The molecule has 4 rings (SSSR count). The van der Waals surface area contributed by atoms with Crippen LogP contribution in [0.2, 0.25) is 0 Å². The molecule has 5 atom stereocenters. The number of nitrogen functional groups attached to an aromatic ring is 1. The molecule has 2 fully saturated rings. The molecule has 38 heavy (non-hydrogen) atoms. The zero-order valence-corrected chi connectivity index (χ0v) is 22.7. The third-order valence-electron chi connectivity index (χ3n) is 6.53. The number of rotatable bonds is 12. The maximum absolute atomic E-state index is 13.9. The molecule has 0 spiro atoms. The van der Waals surface area contributed by atoms with Gasteiger partial charge in [0, 0.05) is 6.20 Å². The second-order valence-corrected chi connectivity index (χ2v) is 11.2. The van der Waals surface area contributed by atoms with Crippen molar-refractivity contribution in [3.8, 4) is 5.75 Å². The van der Waals surface area contributed by atoms with Crippen molar-refractivity contribution in [1.29, 1.82) is 0 Å². The Labute approximate surface area is 221 Å². The normalized spacial score (nSPS) is 22.7. The Balaban J connectivity index is 1.45. The first kappa shape index (κ1) is 28.3. The maximum Gasteiger partial charge on any atom is 0.459 e. The molecule has 0 radical (unpaired) electrons. The molecule has 3 N–H and O–H groups in total. The largest absolute Gasteiger partial charge is 0.462 e. The summed E-state index contributed by atoms with van der Waals surface area (Å²) in [4.78, 5) is 28.3. The molecular formula is C25H35N4O8P. The van der Waals surface area contributed by atoms with Crippen LogP contribution in [0.3, 0.4) is 0 Å². The summed E-state index contributed by atoms with van der Waals surface area (Å²) in [6, 6.07) is 7.85. The van der Waals surface area contributed by atoms with Crippen LogP contribution in [0.15, 0.2) is 41.3 Å². The van der Waals surface area contributed by atoms with E-state index in [2.05, 4.69) is 10.1 Å². The molecule has 1 saturated carbocycles. The summed E-state index contributed by atoms with van der Waals surface area (Å²) in [7, 11) is -4.11. The highest BCUT2D eigenvalue weighted by molar-refractivity contribution is 7.52. The van der Waals surface area contributed by atoms with E-state index in [0.29, 0.717) is 18.1 Å². The summed E-state index contributed by atoms with van der Waals surface area (Å²) < 4.78 is 43.3. The second kappa shape index (κ2) is 12.4. The number of esters is 1. The van der Waals surface area contributed by atoms with Gasteiger partial charge in [0.05, 0.1) is 12.7 Å². The number of hydrogen-bond acceptors (Lipinski definition) is 10. The van der Waals surface area contributed by atoms with Crippen LogP contribution in [0.1, 0.15) is 64.2 Å². The molecule has 13 heteroatoms. The van der Waals surface area contributed by atoms with E-state index in [1.54, 1.807) is 13.0 Å². The highest BCUT2D eigenvalue weighted by atomic mass is 31.2. The first-order valence-corrected chi connectivity index (χ1v) is 14.3. The number of nitrogens with zero attached hydrogens (tertiary/aromatic N) is 2. The molecule has 1 aliphatic heterocycles. The monoisotopic (exact) mass is 550 g/mol. The minimum atomic E-state index is -4.11. The third-order valence-corrected chi connectivity index (χ3v) is 8.18. The lowest BCUT2D eigenvalue weighted by Gasteiger charge is -2.27. The fourth-order valence-electron chi connectivity index (χ4n) is 3.95. The summed E-state index contributed by atoms with van der Waals surface area (Å²) in [6.07, 6.45) is 3.45. The number of nitrogens with two attached hydrogens (primary N) is 1. The number of hydrogen-bond donors (Lipinski definition) is 2. The Morgan fingerprint density at radius 3 is 2.79 bits per heavy atom. The van der Waals surface area contributed by atoms with Gasteiger partial charge < -0.3 is 24.5 Å².